The second-order valence-corrected chi connectivity index (χ2v) is 4.07. The van der Waals surface area contributed by atoms with Crippen molar-refractivity contribution in [1.29, 1.82) is 0 Å². The first kappa shape index (κ1) is 10.6. The Bertz CT molecular complexity index is 501. The van der Waals surface area contributed by atoms with Crippen molar-refractivity contribution in [3.05, 3.63) is 40.3 Å². The zero-order valence-corrected chi connectivity index (χ0v) is 9.44. The maximum absolute atomic E-state index is 11.5. The number of amides is 1. The standard InChI is InChI=1S/C10H10N4OS/c1-14-5-4-9(13-14)10(15)12-11-7-8-3-2-6-16-8/h2-7H,1H3,(H,12,15)/b11-7+. The molecule has 5 nitrogen and oxygen atoms in total. The van der Waals surface area contributed by atoms with Crippen LogP contribution in [0.25, 0.3) is 0 Å². The molecule has 0 aliphatic rings. The first-order valence-corrected chi connectivity index (χ1v) is 5.50. The lowest BCUT2D eigenvalue weighted by molar-refractivity contribution is 0.0949. The van der Waals surface area contributed by atoms with Crippen molar-refractivity contribution in [3.63, 3.8) is 0 Å². The Kier molecular flexibility index (Phi) is 3.11. The molecule has 16 heavy (non-hydrogen) atoms. The molecule has 2 heterocycles. The number of thiophene rings is 1. The average molecular weight is 234 g/mol. The Morgan fingerprint density at radius 1 is 1.62 bits per heavy atom. The molecule has 0 fully saturated rings. The van der Waals surface area contributed by atoms with E-state index >= 15 is 0 Å². The lowest BCUT2D eigenvalue weighted by atomic mass is 10.4. The number of aromatic nitrogens is 2. The Morgan fingerprint density at radius 3 is 3.12 bits per heavy atom. The molecule has 0 saturated carbocycles. The molecule has 2 rings (SSSR count). The summed E-state index contributed by atoms with van der Waals surface area (Å²) in [4.78, 5) is 12.5. The molecule has 82 valence electrons. The Balaban J connectivity index is 1.94. The van der Waals surface area contributed by atoms with Gasteiger partial charge >= 0.3 is 0 Å². The number of carbonyl (C=O) groups is 1. The van der Waals surface area contributed by atoms with Gasteiger partial charge in [0.15, 0.2) is 5.69 Å². The third-order valence-corrected chi connectivity index (χ3v) is 2.65. The molecule has 2 aromatic heterocycles. The fourth-order valence-corrected chi connectivity index (χ4v) is 1.70. The molecule has 0 aliphatic heterocycles. The van der Waals surface area contributed by atoms with Gasteiger partial charge in [-0.25, -0.2) is 5.43 Å². The number of aryl methyl sites for hydroxylation is 1. The Labute approximate surface area is 96.4 Å². The minimum Gasteiger partial charge on any atom is -0.275 e. The molecule has 0 bridgehead atoms. The van der Waals surface area contributed by atoms with Crippen LogP contribution in [0.4, 0.5) is 0 Å². The minimum absolute atomic E-state index is 0.312. The maximum Gasteiger partial charge on any atom is 0.291 e. The van der Waals surface area contributed by atoms with Crippen LogP contribution < -0.4 is 5.43 Å². The minimum atomic E-state index is -0.312. The molecule has 0 aliphatic carbocycles. The van der Waals surface area contributed by atoms with Gasteiger partial charge in [0.1, 0.15) is 0 Å². The average Bonchev–Trinajstić information content (AvgIpc) is 2.89. The normalized spacial score (nSPS) is 10.8. The van der Waals surface area contributed by atoms with E-state index in [4.69, 9.17) is 0 Å². The summed E-state index contributed by atoms with van der Waals surface area (Å²) >= 11 is 1.55. The topological polar surface area (TPSA) is 59.3 Å². The molecule has 0 unspecified atom stereocenters. The summed E-state index contributed by atoms with van der Waals surface area (Å²) in [6.07, 6.45) is 3.31. The van der Waals surface area contributed by atoms with Gasteiger partial charge in [0, 0.05) is 18.1 Å². The van der Waals surface area contributed by atoms with Crippen LogP contribution in [0.5, 0.6) is 0 Å². The highest BCUT2D eigenvalue weighted by Crippen LogP contribution is 2.04. The molecule has 2 aromatic rings. The summed E-state index contributed by atoms with van der Waals surface area (Å²) in [6.45, 7) is 0. The fraction of sp³-hybridized carbons (Fsp3) is 0.100. The van der Waals surface area contributed by atoms with Crippen molar-refractivity contribution < 1.29 is 4.79 Å². The molecule has 0 radical (unpaired) electrons. The van der Waals surface area contributed by atoms with Crippen LogP contribution in [0.15, 0.2) is 34.9 Å². The lowest BCUT2D eigenvalue weighted by Gasteiger charge is -1.93. The zero-order chi connectivity index (χ0) is 11.4. The second-order valence-electron chi connectivity index (χ2n) is 3.09. The Morgan fingerprint density at radius 2 is 2.50 bits per heavy atom. The number of nitrogens with zero attached hydrogens (tertiary/aromatic N) is 3. The van der Waals surface area contributed by atoms with E-state index in [1.54, 1.807) is 41.5 Å². The quantitative estimate of drug-likeness (QED) is 0.641. The van der Waals surface area contributed by atoms with Gasteiger partial charge in [-0.2, -0.15) is 10.2 Å². The van der Waals surface area contributed by atoms with Crippen molar-refractivity contribution in [3.8, 4) is 0 Å². The SMILES string of the molecule is Cn1ccc(C(=O)N/N=C/c2cccs2)n1. The van der Waals surface area contributed by atoms with Crippen LogP contribution in [-0.4, -0.2) is 21.9 Å². The number of rotatable bonds is 3. The van der Waals surface area contributed by atoms with Gasteiger partial charge in [-0.3, -0.25) is 9.48 Å². The van der Waals surface area contributed by atoms with Crippen LogP contribution in [0.1, 0.15) is 15.4 Å². The number of carbonyl (C=O) groups excluding carboxylic acids is 1. The van der Waals surface area contributed by atoms with E-state index in [-0.39, 0.29) is 5.91 Å². The molecular formula is C10H10N4OS. The van der Waals surface area contributed by atoms with Crippen LogP contribution in [0.3, 0.4) is 0 Å². The van der Waals surface area contributed by atoms with E-state index in [1.807, 2.05) is 17.5 Å². The monoisotopic (exact) mass is 234 g/mol. The summed E-state index contributed by atoms with van der Waals surface area (Å²) in [6, 6.07) is 5.48. The number of hydrogen-bond acceptors (Lipinski definition) is 4. The third kappa shape index (κ3) is 2.54. The number of nitrogens with one attached hydrogen (secondary N) is 1. The van der Waals surface area contributed by atoms with Gasteiger partial charge < -0.3 is 0 Å². The predicted octanol–water partition coefficient (Wildman–Crippen LogP) is 1.25. The zero-order valence-electron chi connectivity index (χ0n) is 8.62. The molecule has 1 N–H and O–H groups in total. The van der Waals surface area contributed by atoms with Crippen LogP contribution in [0, 0.1) is 0 Å². The molecular weight excluding hydrogens is 224 g/mol. The summed E-state index contributed by atoms with van der Waals surface area (Å²) in [5.74, 6) is -0.312. The third-order valence-electron chi connectivity index (χ3n) is 1.85. The van der Waals surface area contributed by atoms with Gasteiger partial charge in [-0.05, 0) is 17.5 Å². The highest BCUT2D eigenvalue weighted by Gasteiger charge is 2.06. The van der Waals surface area contributed by atoms with Crippen molar-refractivity contribution >= 4 is 23.5 Å². The molecule has 0 atom stereocenters. The number of hydrogen-bond donors (Lipinski definition) is 1. The summed E-state index contributed by atoms with van der Waals surface area (Å²) in [5, 5.41) is 9.74. The second kappa shape index (κ2) is 4.71. The Hall–Kier alpha value is -1.95. The predicted molar refractivity (Wildman–Crippen MR) is 62.6 cm³/mol. The van der Waals surface area contributed by atoms with E-state index in [9.17, 15) is 4.79 Å². The smallest absolute Gasteiger partial charge is 0.275 e. The summed E-state index contributed by atoms with van der Waals surface area (Å²) < 4.78 is 1.57. The van der Waals surface area contributed by atoms with Gasteiger partial charge in [0.2, 0.25) is 0 Å². The van der Waals surface area contributed by atoms with Crippen LogP contribution in [0.2, 0.25) is 0 Å². The first-order chi connectivity index (χ1) is 7.75. The fourth-order valence-electron chi connectivity index (χ4n) is 1.11. The molecule has 1 amide bonds. The van der Waals surface area contributed by atoms with Crippen LogP contribution >= 0.6 is 11.3 Å². The highest BCUT2D eigenvalue weighted by molar-refractivity contribution is 7.11. The van der Waals surface area contributed by atoms with E-state index in [0.29, 0.717) is 5.69 Å². The number of hydrazone groups is 1. The molecule has 0 saturated heterocycles. The van der Waals surface area contributed by atoms with Gasteiger partial charge in [-0.15, -0.1) is 11.3 Å². The van der Waals surface area contributed by atoms with E-state index in [2.05, 4.69) is 15.6 Å². The molecule has 6 heteroatoms. The summed E-state index contributed by atoms with van der Waals surface area (Å²) in [5.41, 5.74) is 2.76. The van der Waals surface area contributed by atoms with Crippen LogP contribution in [-0.2, 0) is 7.05 Å². The van der Waals surface area contributed by atoms with Gasteiger partial charge in [0.25, 0.3) is 5.91 Å². The van der Waals surface area contributed by atoms with Crippen molar-refractivity contribution in [2.24, 2.45) is 12.1 Å². The van der Waals surface area contributed by atoms with Crippen molar-refractivity contribution in [1.82, 2.24) is 15.2 Å². The first-order valence-electron chi connectivity index (χ1n) is 4.62. The van der Waals surface area contributed by atoms with E-state index in [0.717, 1.165) is 4.88 Å². The van der Waals surface area contributed by atoms with Gasteiger partial charge in [-0.1, -0.05) is 6.07 Å². The van der Waals surface area contributed by atoms with E-state index < -0.39 is 0 Å². The highest BCUT2D eigenvalue weighted by atomic mass is 32.1. The van der Waals surface area contributed by atoms with Crippen molar-refractivity contribution in [2.75, 3.05) is 0 Å². The maximum atomic E-state index is 11.5. The van der Waals surface area contributed by atoms with E-state index in [1.165, 1.54) is 0 Å². The summed E-state index contributed by atoms with van der Waals surface area (Å²) in [7, 11) is 1.76. The molecule has 0 spiro atoms. The molecule has 0 aromatic carbocycles. The lowest BCUT2D eigenvalue weighted by Crippen LogP contribution is -2.18. The van der Waals surface area contributed by atoms with Gasteiger partial charge in [0.05, 0.1) is 6.21 Å². The largest absolute Gasteiger partial charge is 0.291 e. The van der Waals surface area contributed by atoms with Crippen molar-refractivity contribution in [2.45, 2.75) is 0 Å².